The van der Waals surface area contributed by atoms with Crippen LogP contribution in [-0.2, 0) is 11.3 Å². The van der Waals surface area contributed by atoms with Crippen LogP contribution in [0.1, 0.15) is 44.9 Å². The predicted molar refractivity (Wildman–Crippen MR) is 129 cm³/mol. The summed E-state index contributed by atoms with van der Waals surface area (Å²) in [6, 6.07) is 15.3. The van der Waals surface area contributed by atoms with Crippen molar-refractivity contribution in [3.8, 4) is 5.75 Å². The van der Waals surface area contributed by atoms with Crippen LogP contribution in [0.25, 0.3) is 0 Å². The molecule has 2 aromatic rings. The largest absolute Gasteiger partial charge is 0.497 e. The first-order valence-electron chi connectivity index (χ1n) is 11.2. The van der Waals surface area contributed by atoms with Gasteiger partial charge in [-0.05, 0) is 48.5 Å². The van der Waals surface area contributed by atoms with E-state index in [1.54, 1.807) is 7.11 Å². The molecule has 174 valence electrons. The number of carbonyl (C=O) groups excluding carboxylic acids is 2. The average Bonchev–Trinajstić information content (AvgIpc) is 2.81. The Morgan fingerprint density at radius 1 is 1.00 bits per heavy atom. The Hall–Kier alpha value is -3.06. The van der Waals surface area contributed by atoms with Gasteiger partial charge >= 0.3 is 6.03 Å². The second kappa shape index (κ2) is 12.7. The van der Waals surface area contributed by atoms with E-state index in [-0.39, 0.29) is 23.9 Å². The zero-order valence-corrected chi connectivity index (χ0v) is 19.8. The molecule has 0 aliphatic rings. The fourth-order valence-corrected chi connectivity index (χ4v) is 3.40. The molecule has 0 fully saturated rings. The Bertz CT molecular complexity index is 864. The van der Waals surface area contributed by atoms with Crippen molar-refractivity contribution in [2.24, 2.45) is 5.92 Å². The lowest BCUT2D eigenvalue weighted by atomic mass is 10.0. The molecule has 0 aromatic heterocycles. The first-order valence-corrected chi connectivity index (χ1v) is 11.2. The van der Waals surface area contributed by atoms with Gasteiger partial charge in [-0.15, -0.1) is 0 Å². The summed E-state index contributed by atoms with van der Waals surface area (Å²) in [5.74, 6) is 0.711. The Labute approximate surface area is 191 Å². The fourth-order valence-electron chi connectivity index (χ4n) is 3.40. The molecule has 1 atom stereocenters. The lowest BCUT2D eigenvalue weighted by Crippen LogP contribution is -2.42. The Balaban J connectivity index is 1.92. The zero-order chi connectivity index (χ0) is 23.5. The number of benzene rings is 2. The Kier molecular flexibility index (Phi) is 10.0. The van der Waals surface area contributed by atoms with Crippen LogP contribution in [0.4, 0.5) is 10.5 Å². The lowest BCUT2D eigenvalue weighted by Gasteiger charge is -2.30. The SMILES string of the molecule is CCN(CC)[C@H](CNC(=O)NCc1ccc(NC(=O)C(C)C)cc1)c1cccc(OC)c1. The highest BCUT2D eigenvalue weighted by Gasteiger charge is 2.19. The number of methoxy groups -OCH3 is 1. The van der Waals surface area contributed by atoms with Crippen LogP contribution in [-0.4, -0.2) is 43.6 Å². The normalized spacial score (nSPS) is 11.8. The summed E-state index contributed by atoms with van der Waals surface area (Å²) < 4.78 is 5.36. The van der Waals surface area contributed by atoms with Gasteiger partial charge in [0.2, 0.25) is 5.91 Å². The minimum absolute atomic E-state index is 0.0194. The summed E-state index contributed by atoms with van der Waals surface area (Å²) in [4.78, 5) is 26.5. The maximum absolute atomic E-state index is 12.4. The van der Waals surface area contributed by atoms with Gasteiger partial charge in [-0.25, -0.2) is 4.79 Å². The molecule has 3 N–H and O–H groups in total. The molecule has 32 heavy (non-hydrogen) atoms. The average molecular weight is 441 g/mol. The molecule has 0 aliphatic carbocycles. The molecule has 7 heteroatoms. The summed E-state index contributed by atoms with van der Waals surface area (Å²) in [5, 5.41) is 8.76. The maximum Gasteiger partial charge on any atom is 0.315 e. The summed E-state index contributed by atoms with van der Waals surface area (Å²) in [7, 11) is 1.65. The molecule has 0 saturated carbocycles. The van der Waals surface area contributed by atoms with Crippen LogP contribution in [0, 0.1) is 5.92 Å². The molecule has 0 bridgehead atoms. The first kappa shape index (κ1) is 25.2. The van der Waals surface area contributed by atoms with Crippen LogP contribution < -0.4 is 20.7 Å². The van der Waals surface area contributed by atoms with Crippen LogP contribution in [0.15, 0.2) is 48.5 Å². The van der Waals surface area contributed by atoms with Crippen molar-refractivity contribution in [3.63, 3.8) is 0 Å². The van der Waals surface area contributed by atoms with Crippen LogP contribution in [0.3, 0.4) is 0 Å². The van der Waals surface area contributed by atoms with E-state index in [1.807, 2.05) is 56.3 Å². The van der Waals surface area contributed by atoms with Crippen molar-refractivity contribution in [1.29, 1.82) is 0 Å². The van der Waals surface area contributed by atoms with Crippen molar-refractivity contribution in [2.75, 3.05) is 32.1 Å². The molecule has 2 rings (SSSR count). The minimum Gasteiger partial charge on any atom is -0.497 e. The maximum atomic E-state index is 12.4. The van der Waals surface area contributed by atoms with E-state index in [1.165, 1.54) is 0 Å². The van der Waals surface area contributed by atoms with E-state index in [2.05, 4.69) is 40.8 Å². The highest BCUT2D eigenvalue weighted by atomic mass is 16.5. The van der Waals surface area contributed by atoms with Gasteiger partial charge in [-0.3, -0.25) is 9.69 Å². The van der Waals surface area contributed by atoms with Gasteiger partial charge in [0.05, 0.1) is 13.2 Å². The molecular weight excluding hydrogens is 404 g/mol. The summed E-state index contributed by atoms with van der Waals surface area (Å²) in [5.41, 5.74) is 2.81. The second-order valence-corrected chi connectivity index (χ2v) is 7.92. The molecule has 0 heterocycles. The van der Waals surface area contributed by atoms with E-state index in [0.717, 1.165) is 35.7 Å². The van der Waals surface area contributed by atoms with E-state index in [4.69, 9.17) is 4.74 Å². The van der Waals surface area contributed by atoms with Gasteiger partial charge in [0.15, 0.2) is 0 Å². The fraction of sp³-hybridized carbons (Fsp3) is 0.440. The standard InChI is InChI=1S/C25H36N4O3/c1-6-29(7-2)23(20-9-8-10-22(15-20)32-5)17-27-25(31)26-16-19-11-13-21(14-12-19)28-24(30)18(3)4/h8-15,18,23H,6-7,16-17H2,1-5H3,(H,28,30)(H2,26,27,31)/t23-/m1/s1. The smallest absolute Gasteiger partial charge is 0.315 e. The lowest BCUT2D eigenvalue weighted by molar-refractivity contribution is -0.118. The molecule has 3 amide bonds. The summed E-state index contributed by atoms with van der Waals surface area (Å²) >= 11 is 0. The van der Waals surface area contributed by atoms with Gasteiger partial charge in [-0.1, -0.05) is 52.0 Å². The Morgan fingerprint density at radius 2 is 1.69 bits per heavy atom. The van der Waals surface area contributed by atoms with Crippen LogP contribution in [0.2, 0.25) is 0 Å². The predicted octanol–water partition coefficient (Wildman–Crippen LogP) is 4.17. The third-order valence-electron chi connectivity index (χ3n) is 5.39. The van der Waals surface area contributed by atoms with Gasteiger partial charge < -0.3 is 20.7 Å². The van der Waals surface area contributed by atoms with Crippen molar-refractivity contribution >= 4 is 17.6 Å². The molecule has 0 unspecified atom stereocenters. The third kappa shape index (κ3) is 7.57. The van der Waals surface area contributed by atoms with E-state index in [9.17, 15) is 9.59 Å². The quantitative estimate of drug-likeness (QED) is 0.490. The molecule has 7 nitrogen and oxygen atoms in total. The summed E-state index contributed by atoms with van der Waals surface area (Å²) in [6.45, 7) is 10.6. The number of anilines is 1. The summed E-state index contributed by atoms with van der Waals surface area (Å²) in [6.07, 6.45) is 0. The number of carbonyl (C=O) groups is 2. The second-order valence-electron chi connectivity index (χ2n) is 7.92. The van der Waals surface area contributed by atoms with Crippen LogP contribution in [0.5, 0.6) is 5.75 Å². The monoisotopic (exact) mass is 440 g/mol. The van der Waals surface area contributed by atoms with Crippen molar-refractivity contribution < 1.29 is 14.3 Å². The number of rotatable bonds is 11. The van der Waals surface area contributed by atoms with Gasteiger partial charge in [-0.2, -0.15) is 0 Å². The number of hydrogen-bond donors (Lipinski definition) is 3. The molecule has 2 aromatic carbocycles. The number of nitrogens with zero attached hydrogens (tertiary/aromatic N) is 1. The minimum atomic E-state index is -0.220. The number of urea groups is 1. The molecule has 0 saturated heterocycles. The third-order valence-corrected chi connectivity index (χ3v) is 5.39. The first-order chi connectivity index (χ1) is 15.4. The number of hydrogen-bond acceptors (Lipinski definition) is 4. The molecule has 0 spiro atoms. The van der Waals surface area contributed by atoms with E-state index >= 15 is 0 Å². The van der Waals surface area contributed by atoms with E-state index in [0.29, 0.717) is 13.1 Å². The van der Waals surface area contributed by atoms with Gasteiger partial charge in [0, 0.05) is 24.7 Å². The molecular formula is C25H36N4O3. The highest BCUT2D eigenvalue weighted by molar-refractivity contribution is 5.92. The zero-order valence-electron chi connectivity index (χ0n) is 19.8. The molecule has 0 aliphatic heterocycles. The van der Waals surface area contributed by atoms with E-state index < -0.39 is 0 Å². The number of ether oxygens (including phenoxy) is 1. The highest BCUT2D eigenvalue weighted by Crippen LogP contribution is 2.23. The topological polar surface area (TPSA) is 82.7 Å². The van der Waals surface area contributed by atoms with Crippen LogP contribution >= 0.6 is 0 Å². The number of nitrogens with one attached hydrogen (secondary N) is 3. The molecule has 0 radical (unpaired) electrons. The number of amides is 3. The van der Waals surface area contributed by atoms with Crippen molar-refractivity contribution in [3.05, 3.63) is 59.7 Å². The number of likely N-dealkylation sites (N-methyl/N-ethyl adjacent to an activating group) is 1. The van der Waals surface area contributed by atoms with Gasteiger partial charge in [0.1, 0.15) is 5.75 Å². The van der Waals surface area contributed by atoms with Crippen molar-refractivity contribution in [1.82, 2.24) is 15.5 Å². The van der Waals surface area contributed by atoms with Gasteiger partial charge in [0.25, 0.3) is 0 Å². The Morgan fingerprint density at radius 3 is 2.28 bits per heavy atom. The van der Waals surface area contributed by atoms with Crippen molar-refractivity contribution in [2.45, 2.75) is 40.3 Å².